The van der Waals surface area contributed by atoms with Crippen molar-refractivity contribution in [1.82, 2.24) is 15.0 Å². The van der Waals surface area contributed by atoms with E-state index in [9.17, 15) is 14.4 Å². The number of carbonyl (C=O) groups is 3. The predicted molar refractivity (Wildman–Crippen MR) is 195 cm³/mol. The van der Waals surface area contributed by atoms with Crippen molar-refractivity contribution in [3.05, 3.63) is 160 Å². The first-order valence-corrected chi connectivity index (χ1v) is 16.8. The molecule has 3 aromatic carbocycles. The molecule has 0 fully saturated rings. The highest BCUT2D eigenvalue weighted by atomic mass is 16.6. The summed E-state index contributed by atoms with van der Waals surface area (Å²) in [4.78, 5) is 51.6. The van der Waals surface area contributed by atoms with Crippen molar-refractivity contribution < 1.29 is 42.8 Å². The molecule has 1 aliphatic carbocycles. The zero-order chi connectivity index (χ0) is 37.6. The smallest absolute Gasteiger partial charge is 0.345 e. The lowest BCUT2D eigenvalue weighted by Crippen LogP contribution is -2.11. The number of fused-ring (bicyclic) bond motifs is 3. The molecule has 0 aliphatic heterocycles. The Morgan fingerprint density at radius 1 is 0.426 bits per heavy atom. The molecular weight excluding hydrogens is 690 g/mol. The standard InChI is InChI=1S/C42H33N3O9/c1-49-34-16-28-13-32-20-38(53-41(47)26-8-5-11-44-23-26)36(51-3)18-30(32)15-33-21-39(54-42(48)27-9-6-12-45-24-27)35(50-2)17-29(33)14-31(28)19-37(34)52-40(46)25-7-4-10-43-22-25/h4-12,16-24H,13-15H2,1-3H3. The summed E-state index contributed by atoms with van der Waals surface area (Å²) in [6.07, 6.45) is 10.1. The van der Waals surface area contributed by atoms with Crippen molar-refractivity contribution in [1.29, 1.82) is 0 Å². The van der Waals surface area contributed by atoms with E-state index in [1.165, 1.54) is 39.9 Å². The molecule has 3 aromatic heterocycles. The van der Waals surface area contributed by atoms with Crippen LogP contribution in [0.3, 0.4) is 0 Å². The maximum atomic E-state index is 13.2. The van der Waals surface area contributed by atoms with Gasteiger partial charge in [-0.05, 0) is 125 Å². The molecule has 0 saturated carbocycles. The van der Waals surface area contributed by atoms with Crippen LogP contribution in [0.25, 0.3) is 0 Å². The Labute approximate surface area is 310 Å². The number of nitrogens with zero attached hydrogens (tertiary/aromatic N) is 3. The second kappa shape index (κ2) is 15.7. The first kappa shape index (κ1) is 35.3. The lowest BCUT2D eigenvalue weighted by Gasteiger charge is -2.17. The lowest BCUT2D eigenvalue weighted by molar-refractivity contribution is 0.0719. The van der Waals surface area contributed by atoms with Crippen LogP contribution in [0.2, 0.25) is 0 Å². The Kier molecular flexibility index (Phi) is 10.2. The molecule has 0 amide bonds. The summed E-state index contributed by atoms with van der Waals surface area (Å²) in [5.41, 5.74) is 5.91. The van der Waals surface area contributed by atoms with Crippen molar-refractivity contribution in [2.45, 2.75) is 19.3 Å². The number of esters is 3. The summed E-state index contributed by atoms with van der Waals surface area (Å²) >= 11 is 0. The van der Waals surface area contributed by atoms with E-state index in [-0.39, 0.29) is 33.9 Å². The van der Waals surface area contributed by atoms with Crippen LogP contribution in [-0.4, -0.2) is 54.2 Å². The fourth-order valence-corrected chi connectivity index (χ4v) is 6.18. The van der Waals surface area contributed by atoms with Crippen LogP contribution in [0.5, 0.6) is 34.5 Å². The molecule has 54 heavy (non-hydrogen) atoms. The van der Waals surface area contributed by atoms with Gasteiger partial charge in [-0.1, -0.05) is 0 Å². The molecule has 0 bridgehead atoms. The molecule has 0 saturated heterocycles. The number of ether oxygens (including phenoxy) is 6. The zero-order valence-corrected chi connectivity index (χ0v) is 29.5. The van der Waals surface area contributed by atoms with Crippen molar-refractivity contribution in [2.75, 3.05) is 21.3 Å². The molecular formula is C42H33N3O9. The Hall–Kier alpha value is -7.08. The maximum Gasteiger partial charge on any atom is 0.345 e. The van der Waals surface area contributed by atoms with Crippen LogP contribution in [-0.2, 0) is 19.3 Å². The van der Waals surface area contributed by atoms with Crippen LogP contribution >= 0.6 is 0 Å². The second-order valence-corrected chi connectivity index (χ2v) is 12.2. The third-order valence-electron chi connectivity index (χ3n) is 8.90. The molecule has 270 valence electrons. The summed E-state index contributed by atoms with van der Waals surface area (Å²) in [5.74, 6) is -0.0722. The van der Waals surface area contributed by atoms with E-state index in [2.05, 4.69) is 15.0 Å². The van der Waals surface area contributed by atoms with E-state index in [0.717, 1.165) is 33.4 Å². The third-order valence-corrected chi connectivity index (χ3v) is 8.90. The Bertz CT molecular complexity index is 2090. The van der Waals surface area contributed by atoms with Gasteiger partial charge in [0.25, 0.3) is 0 Å². The second-order valence-electron chi connectivity index (χ2n) is 12.2. The summed E-state index contributed by atoms with van der Waals surface area (Å²) in [6, 6.07) is 20.7. The molecule has 12 nitrogen and oxygen atoms in total. The van der Waals surface area contributed by atoms with E-state index in [0.29, 0.717) is 36.5 Å². The Morgan fingerprint density at radius 3 is 0.907 bits per heavy atom. The minimum absolute atomic E-state index is 0.223. The van der Waals surface area contributed by atoms with E-state index in [1.807, 2.05) is 18.2 Å². The van der Waals surface area contributed by atoms with E-state index >= 15 is 0 Å². The van der Waals surface area contributed by atoms with Crippen LogP contribution < -0.4 is 28.4 Å². The molecule has 3 heterocycles. The van der Waals surface area contributed by atoms with E-state index in [4.69, 9.17) is 28.4 Å². The third kappa shape index (κ3) is 7.58. The van der Waals surface area contributed by atoms with Gasteiger partial charge in [-0.25, -0.2) is 14.4 Å². The number of benzene rings is 3. The van der Waals surface area contributed by atoms with Gasteiger partial charge in [-0.15, -0.1) is 0 Å². The molecule has 12 heteroatoms. The average molecular weight is 724 g/mol. The molecule has 0 radical (unpaired) electrons. The van der Waals surface area contributed by atoms with Gasteiger partial charge in [0.15, 0.2) is 34.5 Å². The van der Waals surface area contributed by atoms with Crippen LogP contribution in [0.4, 0.5) is 0 Å². The van der Waals surface area contributed by atoms with E-state index in [1.54, 1.807) is 73.2 Å². The van der Waals surface area contributed by atoms with Crippen molar-refractivity contribution in [2.24, 2.45) is 0 Å². The molecule has 7 rings (SSSR count). The van der Waals surface area contributed by atoms with E-state index < -0.39 is 17.9 Å². The number of rotatable bonds is 9. The highest BCUT2D eigenvalue weighted by Gasteiger charge is 2.25. The molecule has 6 aromatic rings. The minimum atomic E-state index is -0.593. The van der Waals surface area contributed by atoms with Gasteiger partial charge >= 0.3 is 17.9 Å². The number of hydrogen-bond donors (Lipinski definition) is 0. The number of aromatic nitrogens is 3. The van der Waals surface area contributed by atoms with Gasteiger partial charge in [-0.2, -0.15) is 0 Å². The van der Waals surface area contributed by atoms with Gasteiger partial charge in [0.1, 0.15) is 0 Å². The van der Waals surface area contributed by atoms with Crippen LogP contribution in [0.1, 0.15) is 64.5 Å². The van der Waals surface area contributed by atoms with Crippen molar-refractivity contribution in [3.63, 3.8) is 0 Å². The fraction of sp³-hybridized carbons (Fsp3) is 0.143. The van der Waals surface area contributed by atoms with Gasteiger partial charge in [0.2, 0.25) is 0 Å². The highest BCUT2D eigenvalue weighted by Crippen LogP contribution is 2.41. The molecule has 0 atom stereocenters. The van der Waals surface area contributed by atoms with Gasteiger partial charge in [0.05, 0.1) is 38.0 Å². The fourth-order valence-electron chi connectivity index (χ4n) is 6.18. The largest absolute Gasteiger partial charge is 0.493 e. The molecule has 0 spiro atoms. The maximum absolute atomic E-state index is 13.2. The Balaban J connectivity index is 1.36. The zero-order valence-electron chi connectivity index (χ0n) is 29.5. The molecule has 0 unspecified atom stereocenters. The summed E-state index contributed by atoms with van der Waals surface area (Å²) in [7, 11) is 4.50. The normalized spacial score (nSPS) is 11.6. The summed E-state index contributed by atoms with van der Waals surface area (Å²) < 4.78 is 34.8. The minimum Gasteiger partial charge on any atom is -0.493 e. The lowest BCUT2D eigenvalue weighted by atomic mass is 9.94. The van der Waals surface area contributed by atoms with Crippen molar-refractivity contribution in [3.8, 4) is 34.5 Å². The summed E-state index contributed by atoms with van der Waals surface area (Å²) in [6.45, 7) is 0. The molecule has 1 aliphatic rings. The first-order chi connectivity index (χ1) is 26.3. The number of pyridine rings is 3. The van der Waals surface area contributed by atoms with Crippen molar-refractivity contribution >= 4 is 17.9 Å². The number of carbonyl (C=O) groups excluding carboxylic acids is 3. The van der Waals surface area contributed by atoms with Gasteiger partial charge < -0.3 is 28.4 Å². The highest BCUT2D eigenvalue weighted by molar-refractivity contribution is 5.92. The predicted octanol–water partition coefficient (Wildman–Crippen LogP) is 6.64. The van der Waals surface area contributed by atoms with Gasteiger partial charge in [0, 0.05) is 37.2 Å². The quantitative estimate of drug-likeness (QED) is 0.116. The Morgan fingerprint density at radius 2 is 0.685 bits per heavy atom. The number of methoxy groups -OCH3 is 3. The summed E-state index contributed by atoms with van der Waals surface area (Å²) in [5, 5.41) is 0. The topological polar surface area (TPSA) is 145 Å². The van der Waals surface area contributed by atoms with Crippen LogP contribution in [0, 0.1) is 0 Å². The average Bonchev–Trinajstić information content (AvgIpc) is 3.26. The SMILES string of the molecule is COc1cc2c(cc1OC(=O)c1cccnc1)Cc1cc(OC)c(OC(=O)c3cccnc3)cc1Cc1cc(OC)c(OC(=O)c3cccnc3)cc1C2. The van der Waals surface area contributed by atoms with Gasteiger partial charge in [-0.3, -0.25) is 15.0 Å². The molecule has 0 N–H and O–H groups in total. The number of hydrogen-bond acceptors (Lipinski definition) is 12. The van der Waals surface area contributed by atoms with Crippen LogP contribution in [0.15, 0.2) is 110 Å². The first-order valence-electron chi connectivity index (χ1n) is 16.8. The monoisotopic (exact) mass is 723 g/mol.